The van der Waals surface area contributed by atoms with Gasteiger partial charge in [0, 0.05) is 43.7 Å². The fourth-order valence-corrected chi connectivity index (χ4v) is 5.89. The summed E-state index contributed by atoms with van der Waals surface area (Å²) in [5.74, 6) is 2.17. The van der Waals surface area contributed by atoms with Gasteiger partial charge in [0.25, 0.3) is 5.91 Å². The van der Waals surface area contributed by atoms with Crippen LogP contribution in [0.25, 0.3) is 0 Å². The lowest BCUT2D eigenvalue weighted by Crippen LogP contribution is -2.50. The second kappa shape index (κ2) is 14.4. The van der Waals surface area contributed by atoms with E-state index in [0.29, 0.717) is 44.0 Å². The topological polar surface area (TPSA) is 124 Å². The van der Waals surface area contributed by atoms with Crippen LogP contribution >= 0.6 is 11.6 Å². The molecule has 0 radical (unpaired) electrons. The Labute approximate surface area is 256 Å². The minimum atomic E-state index is -1.21. The van der Waals surface area contributed by atoms with Gasteiger partial charge in [0.05, 0.1) is 5.02 Å². The molecule has 43 heavy (non-hydrogen) atoms. The molecule has 0 bridgehead atoms. The van der Waals surface area contributed by atoms with Crippen molar-refractivity contribution in [2.24, 2.45) is 10.9 Å². The Morgan fingerprint density at radius 3 is 2.65 bits per heavy atom. The van der Waals surface area contributed by atoms with Crippen molar-refractivity contribution in [3.8, 4) is 5.75 Å². The van der Waals surface area contributed by atoms with E-state index in [1.54, 1.807) is 11.0 Å². The monoisotopic (exact) mass is 605 g/mol. The number of aliphatic imine (C=N–C) groups is 1. The van der Waals surface area contributed by atoms with E-state index in [2.05, 4.69) is 27.2 Å². The van der Waals surface area contributed by atoms with Crippen molar-refractivity contribution >= 4 is 41.2 Å². The molecular formula is C32H36ClN5O5. The van der Waals surface area contributed by atoms with Crippen LogP contribution in [-0.2, 0) is 22.4 Å². The highest BCUT2D eigenvalue weighted by atomic mass is 35.5. The number of piperidine rings is 2. The molecule has 0 aliphatic carbocycles. The Morgan fingerprint density at radius 2 is 1.88 bits per heavy atom. The van der Waals surface area contributed by atoms with Crippen molar-refractivity contribution in [1.82, 2.24) is 15.1 Å². The zero-order chi connectivity index (χ0) is 30.2. The Hall–Kier alpha value is -4.07. The molecule has 5 rings (SSSR count). The van der Waals surface area contributed by atoms with Crippen molar-refractivity contribution in [3.63, 3.8) is 0 Å². The highest BCUT2D eigenvalue weighted by molar-refractivity contribution is 6.32. The predicted molar refractivity (Wildman–Crippen MR) is 164 cm³/mol. The number of halogens is 1. The summed E-state index contributed by atoms with van der Waals surface area (Å²) >= 11 is 6.07. The number of anilines is 1. The van der Waals surface area contributed by atoms with Gasteiger partial charge in [-0.3, -0.25) is 4.79 Å². The van der Waals surface area contributed by atoms with Gasteiger partial charge < -0.3 is 30.3 Å². The number of allylic oxidation sites excluding steroid dienone is 1. The van der Waals surface area contributed by atoms with E-state index < -0.39 is 18.1 Å². The van der Waals surface area contributed by atoms with Crippen LogP contribution in [0, 0.1) is 5.92 Å². The van der Waals surface area contributed by atoms with Gasteiger partial charge in [-0.05, 0) is 86.5 Å². The maximum Gasteiger partial charge on any atom is 0.410 e. The quantitative estimate of drug-likeness (QED) is 0.328. The highest BCUT2D eigenvalue weighted by Crippen LogP contribution is 2.26. The molecule has 0 unspecified atom stereocenters. The fraction of sp³-hybridized carbons (Fsp3) is 0.438. The molecule has 3 aliphatic heterocycles. The summed E-state index contributed by atoms with van der Waals surface area (Å²) in [5, 5.41) is 16.2. The van der Waals surface area contributed by atoms with Gasteiger partial charge in [0.2, 0.25) is 0 Å². The van der Waals surface area contributed by atoms with Gasteiger partial charge in [-0.15, -0.1) is 0 Å². The molecule has 2 aromatic carbocycles. The zero-order valence-electron chi connectivity index (χ0n) is 23.9. The molecule has 3 N–H and O–H groups in total. The number of urea groups is 1. The predicted octanol–water partition coefficient (Wildman–Crippen LogP) is 4.56. The molecule has 2 fully saturated rings. The van der Waals surface area contributed by atoms with Crippen molar-refractivity contribution in [2.45, 2.75) is 50.7 Å². The fourth-order valence-electron chi connectivity index (χ4n) is 5.69. The maximum atomic E-state index is 13.2. The third-order valence-electron chi connectivity index (χ3n) is 8.19. The van der Waals surface area contributed by atoms with Crippen LogP contribution < -0.4 is 10.6 Å². The number of fused-ring (bicyclic) bond motifs is 1. The van der Waals surface area contributed by atoms with Crippen LogP contribution in [0.5, 0.6) is 5.75 Å². The number of carbonyl (C=O) groups is 3. The first kappa shape index (κ1) is 30.4. The van der Waals surface area contributed by atoms with Gasteiger partial charge in [-0.25, -0.2) is 9.59 Å². The Bertz CT molecular complexity index is 1440. The Balaban J connectivity index is 1.21. The summed E-state index contributed by atoms with van der Waals surface area (Å²) in [5.41, 5.74) is 5.39. The summed E-state index contributed by atoms with van der Waals surface area (Å²) in [6, 6.07) is 12.2. The number of phenolic OH excluding ortho intramolecular Hbond substituents is 1. The first-order chi connectivity index (χ1) is 20.9. The van der Waals surface area contributed by atoms with E-state index in [9.17, 15) is 19.5 Å². The first-order valence-corrected chi connectivity index (χ1v) is 15.1. The molecule has 0 spiro atoms. The second-order valence-electron chi connectivity index (χ2n) is 11.1. The minimum absolute atomic E-state index is 0.0172. The third kappa shape index (κ3) is 8.06. The van der Waals surface area contributed by atoms with E-state index in [1.165, 1.54) is 12.1 Å². The Morgan fingerprint density at radius 1 is 1.12 bits per heavy atom. The zero-order valence-corrected chi connectivity index (χ0v) is 24.7. The van der Waals surface area contributed by atoms with E-state index in [4.69, 9.17) is 16.3 Å². The number of amides is 4. The number of nitrogens with zero attached hydrogens (tertiary/aromatic N) is 3. The first-order valence-electron chi connectivity index (χ1n) is 14.7. The summed E-state index contributed by atoms with van der Waals surface area (Å²) in [6.07, 6.45) is 3.96. The molecule has 0 aromatic heterocycles. The third-order valence-corrected chi connectivity index (χ3v) is 8.49. The molecule has 11 heteroatoms. The van der Waals surface area contributed by atoms with Crippen molar-refractivity contribution in [2.75, 3.05) is 38.0 Å². The lowest BCUT2D eigenvalue weighted by Gasteiger charge is -2.37. The average molecular weight is 606 g/mol. The summed E-state index contributed by atoms with van der Waals surface area (Å²) in [7, 11) is 0. The number of rotatable bonds is 6. The minimum Gasteiger partial charge on any atom is -0.506 e. The van der Waals surface area contributed by atoms with E-state index >= 15 is 0 Å². The van der Waals surface area contributed by atoms with Gasteiger partial charge in [0.15, 0.2) is 6.10 Å². The molecule has 226 valence electrons. The number of likely N-dealkylation sites (tertiary alicyclic amines) is 1. The van der Waals surface area contributed by atoms with Gasteiger partial charge in [0.1, 0.15) is 5.75 Å². The van der Waals surface area contributed by atoms with Crippen molar-refractivity contribution < 1.29 is 24.2 Å². The van der Waals surface area contributed by atoms with E-state index in [0.717, 1.165) is 43.6 Å². The number of carbonyl (C=O) groups excluding carboxylic acids is 3. The standard InChI is InChI=1S/C32H36ClN5O5/c33-26-20-23(7-8-28(26)39)21-29(30(40)35-14-3-4-22-9-15-34-16-10-22)43-32(42)37-17-12-25(13-18-37)38-19-11-24-5-1-2-6-27(24)36-31(38)41/h1-2,4-8,20,22,25,29,34,39H,9-13,15-19,21H2,(H,36,41)/t29-/m1/s1. The average Bonchev–Trinajstić information content (AvgIpc) is 3.19. The number of para-hydroxylation sites is 1. The number of aromatic hydroxyl groups is 1. The molecular weight excluding hydrogens is 570 g/mol. The van der Waals surface area contributed by atoms with Crippen LogP contribution in [0.2, 0.25) is 5.02 Å². The van der Waals surface area contributed by atoms with Crippen LogP contribution in [-0.4, -0.2) is 83.7 Å². The van der Waals surface area contributed by atoms with Gasteiger partial charge in [-0.2, -0.15) is 4.99 Å². The SMILES string of the molecule is O=C(N=C=C=CC1CCNCC1)[C@@H](Cc1ccc(O)c(Cl)c1)OC(=O)N1CCC(N2CCc3ccccc3NC2=O)CC1. The van der Waals surface area contributed by atoms with Crippen molar-refractivity contribution in [3.05, 3.63) is 70.4 Å². The lowest BCUT2D eigenvalue weighted by molar-refractivity contribution is -0.126. The van der Waals surface area contributed by atoms with E-state index in [-0.39, 0.29) is 29.3 Å². The number of benzene rings is 2. The van der Waals surface area contributed by atoms with Crippen LogP contribution in [0.1, 0.15) is 36.8 Å². The number of hydrogen-bond acceptors (Lipinski definition) is 6. The normalized spacial score (nSPS) is 18.3. The van der Waals surface area contributed by atoms with Crippen LogP contribution in [0.15, 0.2) is 59.3 Å². The molecule has 2 aromatic rings. The second-order valence-corrected chi connectivity index (χ2v) is 11.5. The summed E-state index contributed by atoms with van der Waals surface area (Å²) in [4.78, 5) is 46.5. The molecule has 3 aliphatic rings. The largest absolute Gasteiger partial charge is 0.506 e. The molecule has 3 heterocycles. The maximum absolute atomic E-state index is 13.2. The highest BCUT2D eigenvalue weighted by Gasteiger charge is 2.33. The van der Waals surface area contributed by atoms with Crippen molar-refractivity contribution in [1.29, 1.82) is 0 Å². The van der Waals surface area contributed by atoms with Gasteiger partial charge >= 0.3 is 12.1 Å². The number of ether oxygens (including phenoxy) is 1. The molecule has 1 atom stereocenters. The molecule has 10 nitrogen and oxygen atoms in total. The molecule has 2 saturated heterocycles. The van der Waals surface area contributed by atoms with Crippen LogP contribution in [0.4, 0.5) is 15.3 Å². The molecule has 4 amide bonds. The van der Waals surface area contributed by atoms with E-state index in [1.807, 2.05) is 35.2 Å². The van der Waals surface area contributed by atoms with Crippen LogP contribution in [0.3, 0.4) is 0 Å². The smallest absolute Gasteiger partial charge is 0.410 e. The molecule has 0 saturated carbocycles. The van der Waals surface area contributed by atoms with Gasteiger partial charge in [-0.1, -0.05) is 41.6 Å². The Kier molecular flexibility index (Phi) is 10.2. The lowest BCUT2D eigenvalue weighted by atomic mass is 9.98. The number of phenols is 1. The summed E-state index contributed by atoms with van der Waals surface area (Å²) < 4.78 is 5.70. The summed E-state index contributed by atoms with van der Waals surface area (Å²) in [6.45, 7) is 3.23. The number of hydrogen-bond donors (Lipinski definition) is 3. The number of nitrogens with one attached hydrogen (secondary N) is 2.